The summed E-state index contributed by atoms with van der Waals surface area (Å²) in [5, 5.41) is 37.1. The molecule has 0 bridgehead atoms. The summed E-state index contributed by atoms with van der Waals surface area (Å²) in [6.45, 7) is 23.7. The van der Waals surface area contributed by atoms with E-state index in [1.807, 2.05) is 21.9 Å². The number of benzene rings is 3. The van der Waals surface area contributed by atoms with Crippen LogP contribution < -0.4 is 59.4 Å². The first-order valence-electron chi connectivity index (χ1n) is 42.2. The monoisotopic (exact) mass is 1900 g/mol. The van der Waals surface area contributed by atoms with Crippen LogP contribution in [0.4, 0.5) is 28.8 Å². The number of sulfonamides is 3. The van der Waals surface area contributed by atoms with Crippen molar-refractivity contribution in [3.05, 3.63) is 128 Å². The van der Waals surface area contributed by atoms with Crippen LogP contribution in [-0.4, -0.2) is 166 Å². The summed E-state index contributed by atoms with van der Waals surface area (Å²) in [5.74, 6) is 2.70. The molecule has 6 aliphatic carbocycles. The van der Waals surface area contributed by atoms with Crippen LogP contribution in [-0.2, 0) is 44.5 Å². The molecule has 3 saturated heterocycles. The number of nitrogens with zero attached hydrogens (tertiary/aromatic N) is 6. The number of hydrogen-bond acceptors (Lipinski definition) is 24. The lowest BCUT2D eigenvalue weighted by molar-refractivity contribution is -0.128. The summed E-state index contributed by atoms with van der Waals surface area (Å²) in [6, 6.07) is 30.5. The van der Waals surface area contributed by atoms with Crippen LogP contribution in [0.25, 0.3) is 0 Å². The van der Waals surface area contributed by atoms with Gasteiger partial charge in [-0.2, -0.15) is 25.3 Å². The molecule has 9 fully saturated rings. The quantitative estimate of drug-likeness (QED) is 0.0285. The van der Waals surface area contributed by atoms with Gasteiger partial charge in [-0.1, -0.05) is 115 Å². The van der Waals surface area contributed by atoms with Crippen LogP contribution in [0.1, 0.15) is 197 Å². The van der Waals surface area contributed by atoms with E-state index in [-0.39, 0.29) is 27.2 Å². The van der Waals surface area contributed by atoms with Gasteiger partial charge in [0, 0.05) is 123 Å². The molecule has 3 aliphatic heterocycles. The SMILES string of the molecule is CC(C)(C)C1CCC(N)CC1.CC(C)(C)C1CCC(Nc2ccc(Cl)cc2OC2(C(=O)NS(=O)(=O)c3cccc(N4CC[C@H](O)C4)n3)CC2)CC1.CC(C)(C)C1CCC(Nc2ccc(Cl)cc2OC2(C(=O)NS(=O)(=O)c3cccc(N4CC[C@H](O)C4)n3)CC2)CC1.O=C(NS(=O)(=O)c1cccc(N2CC[C@H](O)C2)n1)C1(Oc2cc(Cl)ccc2I)CC1. The molecule has 10 N–H and O–H groups in total. The van der Waals surface area contributed by atoms with Crippen molar-refractivity contribution in [1.29, 1.82) is 0 Å². The zero-order valence-corrected chi connectivity index (χ0v) is 77.3. The van der Waals surface area contributed by atoms with Gasteiger partial charge < -0.3 is 60.6 Å². The minimum Gasteiger partial charge on any atom is -0.476 e. The number of halogens is 4. The van der Waals surface area contributed by atoms with Crippen molar-refractivity contribution in [1.82, 2.24) is 29.1 Å². The Bertz CT molecular complexity index is 4820. The normalized spacial score (nSPS) is 24.2. The van der Waals surface area contributed by atoms with Crippen molar-refractivity contribution in [3.63, 3.8) is 0 Å². The smallest absolute Gasteiger partial charge is 0.281 e. The topological polar surface area (TPSA) is 377 Å². The van der Waals surface area contributed by atoms with Crippen LogP contribution in [0, 0.1) is 37.6 Å². The highest BCUT2D eigenvalue weighted by Gasteiger charge is 2.57. The predicted molar refractivity (Wildman–Crippen MR) is 479 cm³/mol. The minimum atomic E-state index is -4.24. The maximum Gasteiger partial charge on any atom is 0.281 e. The zero-order chi connectivity index (χ0) is 87.4. The molecule has 34 heteroatoms. The molecule has 121 heavy (non-hydrogen) atoms. The Balaban J connectivity index is 0.000000157. The fourth-order valence-corrected chi connectivity index (χ4v) is 20.5. The number of anilines is 5. The summed E-state index contributed by atoms with van der Waals surface area (Å²) in [5.41, 5.74) is 4.57. The summed E-state index contributed by atoms with van der Waals surface area (Å²) in [6.07, 6.45) is 16.6. The Morgan fingerprint density at radius 2 is 0.702 bits per heavy atom. The lowest BCUT2D eigenvalue weighted by Gasteiger charge is -2.37. The zero-order valence-electron chi connectivity index (χ0n) is 70.4. The van der Waals surface area contributed by atoms with Crippen LogP contribution in [0.5, 0.6) is 17.2 Å². The molecular weight excluding hydrogens is 1780 g/mol. The minimum absolute atomic E-state index is 0.258. The number of ether oxygens (including phenoxy) is 3. The van der Waals surface area contributed by atoms with E-state index in [2.05, 4.69) is 125 Å². The summed E-state index contributed by atoms with van der Waals surface area (Å²) < 4.78 is 104. The Morgan fingerprint density at radius 1 is 0.421 bits per heavy atom. The number of nitrogens with one attached hydrogen (secondary N) is 5. The van der Waals surface area contributed by atoms with Crippen molar-refractivity contribution in [2.24, 2.45) is 39.7 Å². The Kier molecular flexibility index (Phi) is 29.5. The fourth-order valence-electron chi connectivity index (χ4n) is 16.5. The van der Waals surface area contributed by atoms with Gasteiger partial charge in [-0.05, 0) is 232 Å². The molecule has 27 nitrogen and oxygen atoms in total. The van der Waals surface area contributed by atoms with Gasteiger partial charge in [0.2, 0.25) is 0 Å². The maximum atomic E-state index is 13.3. The van der Waals surface area contributed by atoms with E-state index in [0.717, 1.165) is 72.2 Å². The Hall–Kier alpha value is -6.79. The van der Waals surface area contributed by atoms with Crippen LogP contribution in [0.3, 0.4) is 0 Å². The number of carbonyl (C=O) groups is 3. The molecule has 9 aliphatic rings. The van der Waals surface area contributed by atoms with E-state index in [1.165, 1.54) is 43.9 Å². The standard InChI is InChI=1S/2C29H39ClN4O5S.C19H19ClIN3O5S.C10H21N/c2*1-28(2,3)19-7-10-21(11-8-19)31-23-12-9-20(30)17-24(23)39-29(14-15-29)27(36)33-40(37,38)26-6-4-5-25(32-26)34-16-13-22(35)18-34;20-12-4-5-14(21)15(10-12)29-19(7-8-19)18(26)23-30(27,28)17-3-1-2-16(22-17)24-9-6-13(25)11-24;1-10(2,3)8-4-6-9(11)7-5-8/h2*4-6,9,12,17,19,21-22,31,35H,7-8,10-11,13-16,18H2,1-3H3,(H,33,36);1-5,10,13,25H,6-9,11H2,(H,23,26);8-9H,4-7,11H2,1-3H3/t2*19?,21?,22-;13-;/m000./s1. The van der Waals surface area contributed by atoms with E-state index in [1.54, 1.807) is 83.8 Å². The van der Waals surface area contributed by atoms with Gasteiger partial charge in [0.25, 0.3) is 47.8 Å². The number of β-amino-alcohol motifs (C(OH)–C–C–N with tert-alkyl or cyclic N) is 3. The third-order valence-corrected chi connectivity index (χ3v) is 30.1. The number of carbonyl (C=O) groups excluding carboxylic acids is 3. The Labute approximate surface area is 741 Å². The number of aliphatic hydroxyl groups excluding tert-OH is 3. The number of aliphatic hydroxyl groups is 3. The van der Waals surface area contributed by atoms with E-state index >= 15 is 0 Å². The van der Waals surface area contributed by atoms with Gasteiger partial charge in [-0.3, -0.25) is 14.4 Å². The molecule has 0 spiro atoms. The predicted octanol–water partition coefficient (Wildman–Crippen LogP) is 14.4. The van der Waals surface area contributed by atoms with Crippen molar-refractivity contribution >= 4 is 134 Å². The molecule has 0 radical (unpaired) electrons. The molecule has 6 heterocycles. The molecule has 0 unspecified atom stereocenters. The van der Waals surface area contributed by atoms with Gasteiger partial charge >= 0.3 is 0 Å². The second-order valence-electron chi connectivity index (χ2n) is 37.2. The summed E-state index contributed by atoms with van der Waals surface area (Å²) in [4.78, 5) is 57.5. The van der Waals surface area contributed by atoms with Crippen molar-refractivity contribution < 1.29 is 69.2 Å². The lowest BCUT2D eigenvalue weighted by Crippen LogP contribution is -2.43. The van der Waals surface area contributed by atoms with Crippen molar-refractivity contribution in [2.75, 3.05) is 64.6 Å². The highest BCUT2D eigenvalue weighted by atomic mass is 127. The van der Waals surface area contributed by atoms with Gasteiger partial charge in [0.1, 0.15) is 34.7 Å². The average molecular weight is 1900 g/mol. The molecule has 6 saturated carbocycles. The van der Waals surface area contributed by atoms with Crippen LogP contribution in [0.2, 0.25) is 15.1 Å². The average Bonchev–Trinajstić information content (AvgIpc) is 1.62. The van der Waals surface area contributed by atoms with Gasteiger partial charge in [0.15, 0.2) is 31.9 Å². The molecule has 15 rings (SSSR count). The second-order valence-corrected chi connectivity index (χ2v) is 44.6. The number of hydrogen-bond donors (Lipinski definition) is 9. The number of aromatic nitrogens is 3. The van der Waals surface area contributed by atoms with Gasteiger partial charge in [0.05, 0.1) is 33.3 Å². The highest BCUT2D eigenvalue weighted by Crippen LogP contribution is 2.49. The maximum absolute atomic E-state index is 13.3. The lowest BCUT2D eigenvalue weighted by atomic mass is 9.71. The third kappa shape index (κ3) is 24.7. The van der Waals surface area contributed by atoms with E-state index < -0.39 is 82.9 Å². The first-order valence-corrected chi connectivity index (χ1v) is 48.9. The Morgan fingerprint density at radius 3 is 0.983 bits per heavy atom. The van der Waals surface area contributed by atoms with Gasteiger partial charge in [-0.25, -0.2) is 29.1 Å². The van der Waals surface area contributed by atoms with Crippen LogP contribution >= 0.6 is 57.4 Å². The largest absolute Gasteiger partial charge is 0.476 e. The second kappa shape index (κ2) is 38.2. The number of nitrogens with two attached hydrogens (primary N) is 1. The molecule has 6 aromatic rings. The summed E-state index contributed by atoms with van der Waals surface area (Å²) >= 11 is 20.6. The van der Waals surface area contributed by atoms with Gasteiger partial charge in [-0.15, -0.1) is 0 Å². The first kappa shape index (κ1) is 93.4. The first-order chi connectivity index (χ1) is 56.9. The van der Waals surface area contributed by atoms with Crippen LogP contribution in [0.15, 0.2) is 124 Å². The van der Waals surface area contributed by atoms with Crippen molar-refractivity contribution in [3.8, 4) is 17.2 Å². The molecule has 3 aromatic carbocycles. The van der Waals surface area contributed by atoms with Crippen molar-refractivity contribution in [2.45, 2.75) is 265 Å². The third-order valence-electron chi connectivity index (χ3n) is 24.8. The van der Waals surface area contributed by atoms with E-state index in [4.69, 9.17) is 54.7 Å². The molecule has 3 amide bonds. The number of rotatable bonds is 22. The molecule has 3 aromatic heterocycles. The van der Waals surface area contributed by atoms with E-state index in [9.17, 15) is 55.0 Å². The number of amides is 3. The van der Waals surface area contributed by atoms with E-state index in [0.29, 0.717) is 181 Å². The molecule has 3 atom stereocenters. The summed E-state index contributed by atoms with van der Waals surface area (Å²) in [7, 11) is -12.7. The highest BCUT2D eigenvalue weighted by molar-refractivity contribution is 14.1. The molecular formula is C87H118Cl3IN12O15S3. The molecule has 662 valence electrons. The fraction of sp³-hybridized carbons (Fsp3) is 0.586. The number of pyridine rings is 3.